The number of carbonyl (C=O) groups is 2. The number of rotatable bonds is 9. The first-order valence-electron chi connectivity index (χ1n) is 8.60. The Labute approximate surface area is 162 Å². The lowest BCUT2D eigenvalue weighted by atomic mass is 10.0. The van der Waals surface area contributed by atoms with Gasteiger partial charge in [-0.3, -0.25) is 15.3 Å². The van der Waals surface area contributed by atoms with Gasteiger partial charge in [0.15, 0.2) is 0 Å². The summed E-state index contributed by atoms with van der Waals surface area (Å²) in [6.07, 6.45) is 1.32. The van der Waals surface area contributed by atoms with Crippen LogP contribution in [0.15, 0.2) is 66.7 Å². The van der Waals surface area contributed by atoms with Gasteiger partial charge < -0.3 is 14.6 Å². The van der Waals surface area contributed by atoms with Gasteiger partial charge in [0.2, 0.25) is 0 Å². The minimum absolute atomic E-state index is 0.0860. The van der Waals surface area contributed by atoms with Crippen LogP contribution < -0.4 is 15.5 Å². The Morgan fingerprint density at radius 1 is 1.07 bits per heavy atom. The molecular formula is C20H22N2O6. The molecule has 2 rings (SSSR count). The van der Waals surface area contributed by atoms with Crippen molar-refractivity contribution in [2.45, 2.75) is 12.5 Å². The minimum atomic E-state index is -0.763. The van der Waals surface area contributed by atoms with E-state index in [1.165, 1.54) is 11.6 Å². The summed E-state index contributed by atoms with van der Waals surface area (Å²) < 4.78 is 11.0. The van der Waals surface area contributed by atoms with Gasteiger partial charge in [0, 0.05) is 23.7 Å². The number of hydrogen-bond acceptors (Lipinski definition) is 6. The Bertz CT molecular complexity index is 794. The summed E-state index contributed by atoms with van der Waals surface area (Å²) in [5.41, 5.74) is 2.65. The zero-order chi connectivity index (χ0) is 20.2. The van der Waals surface area contributed by atoms with Crippen LogP contribution in [0.2, 0.25) is 0 Å². The molecule has 0 aliphatic heterocycles. The molecule has 0 bridgehead atoms. The number of hydroxylamine groups is 1. The Morgan fingerprint density at radius 2 is 1.79 bits per heavy atom. The number of ether oxygens (including phenoxy) is 2. The van der Waals surface area contributed by atoms with E-state index in [9.17, 15) is 9.59 Å². The van der Waals surface area contributed by atoms with Crippen LogP contribution in [0, 0.1) is 0 Å². The minimum Gasteiger partial charge on any atom is -0.491 e. The highest BCUT2D eigenvalue weighted by Gasteiger charge is 2.20. The van der Waals surface area contributed by atoms with E-state index in [0.29, 0.717) is 17.0 Å². The molecule has 0 heterocycles. The summed E-state index contributed by atoms with van der Waals surface area (Å²) in [6, 6.07) is 15.8. The van der Waals surface area contributed by atoms with E-state index < -0.39 is 18.1 Å². The molecule has 0 fully saturated rings. The number of para-hydroxylation sites is 2. The van der Waals surface area contributed by atoms with E-state index in [4.69, 9.17) is 19.8 Å². The summed E-state index contributed by atoms with van der Waals surface area (Å²) in [5, 5.41) is 20.2. The number of nitrogens with one attached hydrogen (secondary N) is 2. The number of anilines is 1. The highest BCUT2D eigenvalue weighted by Crippen LogP contribution is 2.31. The van der Waals surface area contributed by atoms with Crippen LogP contribution in [0.1, 0.15) is 18.1 Å². The molecule has 8 heteroatoms. The van der Waals surface area contributed by atoms with Crippen LogP contribution in [-0.4, -0.2) is 35.5 Å². The molecule has 2 aromatic rings. The van der Waals surface area contributed by atoms with Crippen LogP contribution >= 0.6 is 0 Å². The Hall–Kier alpha value is -3.36. The standard InChI is InChI=1S/C20H22N2O6/c23-13-14-27-17-10-5-4-9-16(17)18(11-6-12-19(24)22-26)28-20(25)21-15-7-2-1-3-8-15/h1-10,12,18,23,26H,11,13-14H2,(H,21,25)(H,22,24)/b12-6+/t18-/m0/s1. The summed E-state index contributed by atoms with van der Waals surface area (Å²) >= 11 is 0. The van der Waals surface area contributed by atoms with Crippen molar-refractivity contribution < 1.29 is 29.4 Å². The fourth-order valence-electron chi connectivity index (χ4n) is 2.41. The second-order valence-electron chi connectivity index (χ2n) is 5.61. The average molecular weight is 386 g/mol. The van der Waals surface area contributed by atoms with Crippen molar-refractivity contribution in [3.05, 3.63) is 72.3 Å². The first-order valence-corrected chi connectivity index (χ1v) is 8.60. The maximum Gasteiger partial charge on any atom is 0.412 e. The quantitative estimate of drug-likeness (QED) is 0.299. The van der Waals surface area contributed by atoms with Crippen molar-refractivity contribution in [3.63, 3.8) is 0 Å². The molecule has 0 radical (unpaired) electrons. The van der Waals surface area contributed by atoms with Crippen molar-refractivity contribution in [2.24, 2.45) is 0 Å². The van der Waals surface area contributed by atoms with Crippen LogP contribution in [0.4, 0.5) is 10.5 Å². The van der Waals surface area contributed by atoms with Gasteiger partial charge in [0.1, 0.15) is 18.5 Å². The van der Waals surface area contributed by atoms with Gasteiger partial charge in [-0.1, -0.05) is 42.5 Å². The molecule has 4 N–H and O–H groups in total. The lowest BCUT2D eigenvalue weighted by molar-refractivity contribution is -0.124. The molecule has 148 valence electrons. The lowest BCUT2D eigenvalue weighted by Crippen LogP contribution is -2.18. The number of amides is 2. The van der Waals surface area contributed by atoms with E-state index >= 15 is 0 Å². The number of carbonyl (C=O) groups excluding carboxylic acids is 2. The van der Waals surface area contributed by atoms with Crippen molar-refractivity contribution in [2.75, 3.05) is 18.5 Å². The molecule has 1 atom stereocenters. The zero-order valence-corrected chi connectivity index (χ0v) is 15.1. The van der Waals surface area contributed by atoms with Crippen LogP contribution in [0.3, 0.4) is 0 Å². The van der Waals surface area contributed by atoms with Gasteiger partial charge in [0.05, 0.1) is 6.61 Å². The molecule has 0 saturated heterocycles. The third-order valence-electron chi connectivity index (χ3n) is 3.61. The zero-order valence-electron chi connectivity index (χ0n) is 15.1. The Kier molecular flexibility index (Phi) is 8.51. The fraction of sp³-hybridized carbons (Fsp3) is 0.200. The van der Waals surface area contributed by atoms with Crippen LogP contribution in [-0.2, 0) is 9.53 Å². The molecule has 0 unspecified atom stereocenters. The highest BCUT2D eigenvalue weighted by atomic mass is 16.6. The van der Waals surface area contributed by atoms with E-state index in [-0.39, 0.29) is 19.6 Å². The van der Waals surface area contributed by atoms with Gasteiger partial charge in [-0.15, -0.1) is 0 Å². The summed E-state index contributed by atoms with van der Waals surface area (Å²) in [7, 11) is 0. The number of aliphatic hydroxyl groups excluding tert-OH is 1. The smallest absolute Gasteiger partial charge is 0.412 e. The van der Waals surface area contributed by atoms with E-state index in [1.54, 1.807) is 48.5 Å². The van der Waals surface area contributed by atoms with Crippen LogP contribution in [0.25, 0.3) is 0 Å². The Balaban J connectivity index is 2.18. The first-order chi connectivity index (χ1) is 13.6. The molecule has 0 aromatic heterocycles. The van der Waals surface area contributed by atoms with Gasteiger partial charge >= 0.3 is 6.09 Å². The van der Waals surface area contributed by atoms with E-state index in [0.717, 1.165) is 6.08 Å². The number of hydrogen-bond donors (Lipinski definition) is 4. The van der Waals surface area contributed by atoms with Gasteiger partial charge in [-0.05, 0) is 18.2 Å². The molecule has 28 heavy (non-hydrogen) atoms. The van der Waals surface area contributed by atoms with E-state index in [2.05, 4.69) is 5.32 Å². The normalized spacial score (nSPS) is 11.6. The third-order valence-corrected chi connectivity index (χ3v) is 3.61. The SMILES string of the molecule is O=C(/C=C/C[C@H](OC(=O)Nc1ccccc1)c1ccccc1OCCO)NO. The maximum atomic E-state index is 12.3. The van der Waals surface area contributed by atoms with Crippen molar-refractivity contribution >= 4 is 17.7 Å². The molecule has 2 amide bonds. The summed E-state index contributed by atoms with van der Waals surface area (Å²) in [6.45, 7) is -0.0758. The third kappa shape index (κ3) is 6.75. The van der Waals surface area contributed by atoms with E-state index in [1.807, 2.05) is 6.07 Å². The van der Waals surface area contributed by atoms with Crippen LogP contribution in [0.5, 0.6) is 5.75 Å². The second kappa shape index (κ2) is 11.4. The largest absolute Gasteiger partial charge is 0.491 e. The maximum absolute atomic E-state index is 12.3. The highest BCUT2D eigenvalue weighted by molar-refractivity contribution is 5.86. The van der Waals surface area contributed by atoms with Crippen molar-refractivity contribution in [1.29, 1.82) is 0 Å². The number of benzene rings is 2. The van der Waals surface area contributed by atoms with Gasteiger partial charge in [0.25, 0.3) is 5.91 Å². The topological polar surface area (TPSA) is 117 Å². The molecule has 8 nitrogen and oxygen atoms in total. The second-order valence-corrected chi connectivity index (χ2v) is 5.61. The first kappa shape index (κ1) is 20.9. The molecule has 2 aromatic carbocycles. The average Bonchev–Trinajstić information content (AvgIpc) is 2.72. The molecule has 0 saturated carbocycles. The number of aliphatic hydroxyl groups is 1. The Morgan fingerprint density at radius 3 is 2.50 bits per heavy atom. The summed E-state index contributed by atoms with van der Waals surface area (Å²) in [4.78, 5) is 23.5. The van der Waals surface area contributed by atoms with Gasteiger partial charge in [-0.2, -0.15) is 0 Å². The molecule has 0 aliphatic carbocycles. The molecule has 0 aliphatic rings. The predicted molar refractivity (Wildman–Crippen MR) is 102 cm³/mol. The van der Waals surface area contributed by atoms with Gasteiger partial charge in [-0.25, -0.2) is 10.3 Å². The molecule has 0 spiro atoms. The fourth-order valence-corrected chi connectivity index (χ4v) is 2.41. The summed E-state index contributed by atoms with van der Waals surface area (Å²) in [5.74, 6) is -0.244. The monoisotopic (exact) mass is 386 g/mol. The molecular weight excluding hydrogens is 364 g/mol. The van der Waals surface area contributed by atoms with Crippen molar-refractivity contribution in [3.8, 4) is 5.75 Å². The lowest BCUT2D eigenvalue weighted by Gasteiger charge is -2.20. The van der Waals surface area contributed by atoms with Crippen molar-refractivity contribution in [1.82, 2.24) is 5.48 Å². The predicted octanol–water partition coefficient (Wildman–Crippen LogP) is 2.80.